The lowest BCUT2D eigenvalue weighted by atomic mass is 9.86. The van der Waals surface area contributed by atoms with E-state index in [1.807, 2.05) is 71.7 Å². The van der Waals surface area contributed by atoms with Crippen molar-refractivity contribution in [3.8, 4) is 5.75 Å². The number of amides is 2. The van der Waals surface area contributed by atoms with Crippen molar-refractivity contribution in [2.45, 2.75) is 43.2 Å². The summed E-state index contributed by atoms with van der Waals surface area (Å²) in [5, 5.41) is 11.0. The van der Waals surface area contributed by atoms with Crippen LogP contribution in [0.4, 0.5) is 11.4 Å². The highest BCUT2D eigenvalue weighted by molar-refractivity contribution is 6.31. The average Bonchev–Trinajstić information content (AvgIpc) is 4.15. The number of allylic oxidation sites excluding steroid dienone is 10. The third kappa shape index (κ3) is 6.19. The van der Waals surface area contributed by atoms with E-state index in [2.05, 4.69) is 18.2 Å². The molecule has 0 aromatic heterocycles. The Hall–Kier alpha value is -5.96. The zero-order chi connectivity index (χ0) is 40.6. The lowest BCUT2D eigenvalue weighted by molar-refractivity contribution is -0.121. The summed E-state index contributed by atoms with van der Waals surface area (Å²) in [6.07, 6.45) is 18.0. The molecule has 0 radical (unpaired) electrons. The van der Waals surface area contributed by atoms with Gasteiger partial charge in [0.05, 0.1) is 40.7 Å². The minimum atomic E-state index is -1.05. The first-order valence-electron chi connectivity index (χ1n) is 19.8. The summed E-state index contributed by atoms with van der Waals surface area (Å²) < 4.78 is 6.00. The van der Waals surface area contributed by atoms with Crippen molar-refractivity contribution in [3.63, 3.8) is 0 Å². The van der Waals surface area contributed by atoms with Crippen LogP contribution in [0.3, 0.4) is 0 Å². The fourth-order valence-electron chi connectivity index (χ4n) is 10.1. The van der Waals surface area contributed by atoms with Gasteiger partial charge in [0.25, 0.3) is 0 Å². The summed E-state index contributed by atoms with van der Waals surface area (Å²) in [7, 11) is 0. The van der Waals surface area contributed by atoms with Crippen LogP contribution in [0.5, 0.6) is 5.75 Å². The van der Waals surface area contributed by atoms with Gasteiger partial charge in [0.15, 0.2) is 0 Å². The van der Waals surface area contributed by atoms with Crippen molar-refractivity contribution in [1.82, 2.24) is 0 Å². The number of benzene rings is 4. The van der Waals surface area contributed by atoms with Crippen molar-refractivity contribution in [2.75, 3.05) is 9.80 Å². The number of carboxylic acids is 1. The lowest BCUT2D eigenvalue weighted by Gasteiger charge is -2.20. The van der Waals surface area contributed by atoms with Gasteiger partial charge < -0.3 is 19.6 Å². The van der Waals surface area contributed by atoms with Gasteiger partial charge in [0.2, 0.25) is 11.8 Å². The molecule has 2 saturated carbocycles. The van der Waals surface area contributed by atoms with Gasteiger partial charge in [0.1, 0.15) is 5.75 Å². The molecule has 10 rings (SSSR count). The number of para-hydroxylation sites is 1. The quantitative estimate of drug-likeness (QED) is 0.133. The molecular formula is C49H38Cl2N2O6. The van der Waals surface area contributed by atoms with Crippen LogP contribution in [0.2, 0.25) is 0 Å². The van der Waals surface area contributed by atoms with Gasteiger partial charge >= 0.3 is 11.9 Å². The number of rotatable bonds is 9. The smallest absolute Gasteiger partial charge is 0.343 e. The van der Waals surface area contributed by atoms with Crippen molar-refractivity contribution >= 4 is 58.3 Å². The van der Waals surface area contributed by atoms with Gasteiger partial charge in [-0.05, 0) is 120 Å². The molecular weight excluding hydrogens is 783 g/mol. The second-order valence-corrected chi connectivity index (χ2v) is 17.2. The predicted octanol–water partition coefficient (Wildman–Crippen LogP) is 9.78. The lowest BCUT2D eigenvalue weighted by Crippen LogP contribution is -2.33. The molecule has 6 aliphatic rings. The summed E-state index contributed by atoms with van der Waals surface area (Å²) in [6, 6.07) is 27.1. The summed E-state index contributed by atoms with van der Waals surface area (Å²) in [5.74, 6) is -0.950. The number of hydrogen-bond acceptors (Lipinski definition) is 5. The fraction of sp³-hybridized carbons (Fsp3) is 0.224. The molecule has 2 aliphatic heterocycles. The predicted molar refractivity (Wildman–Crippen MR) is 227 cm³/mol. The number of carboxylic acid groups (broad SMARTS) is 1. The van der Waals surface area contributed by atoms with E-state index in [-0.39, 0.29) is 53.3 Å². The molecule has 2 fully saturated rings. The van der Waals surface area contributed by atoms with E-state index in [4.69, 9.17) is 27.9 Å². The molecule has 6 unspecified atom stereocenters. The Kier molecular flexibility index (Phi) is 8.92. The van der Waals surface area contributed by atoms with Crippen LogP contribution in [0.1, 0.15) is 62.2 Å². The largest absolute Gasteiger partial charge is 0.478 e. The molecule has 2 heterocycles. The Labute approximate surface area is 351 Å². The average molecular weight is 822 g/mol. The molecule has 4 aromatic rings. The first-order valence-corrected chi connectivity index (χ1v) is 20.6. The highest BCUT2D eigenvalue weighted by Gasteiger charge is 2.69. The number of aromatic carboxylic acids is 1. The van der Waals surface area contributed by atoms with Gasteiger partial charge in [-0.25, -0.2) is 9.59 Å². The van der Waals surface area contributed by atoms with E-state index >= 15 is 0 Å². The van der Waals surface area contributed by atoms with E-state index < -0.39 is 22.8 Å². The zero-order valence-corrected chi connectivity index (χ0v) is 33.3. The minimum absolute atomic E-state index is 0.0146. The molecule has 2 spiro atoms. The molecule has 4 aromatic carbocycles. The number of hydrogen-bond donors (Lipinski definition) is 1. The number of esters is 1. The van der Waals surface area contributed by atoms with E-state index in [9.17, 15) is 24.3 Å². The number of ether oxygens (including phenoxy) is 1. The number of nitrogens with zero attached hydrogens (tertiary/aromatic N) is 2. The minimum Gasteiger partial charge on any atom is -0.478 e. The van der Waals surface area contributed by atoms with E-state index in [1.165, 1.54) is 6.07 Å². The summed E-state index contributed by atoms with van der Waals surface area (Å²) >= 11 is 12.5. The second kappa shape index (κ2) is 14.1. The number of carbonyl (C=O) groups excluding carboxylic acids is 3. The summed E-state index contributed by atoms with van der Waals surface area (Å²) in [5.41, 5.74) is 3.99. The molecule has 294 valence electrons. The topological polar surface area (TPSA) is 104 Å². The Balaban J connectivity index is 0.904. The molecule has 1 N–H and O–H groups in total. The SMILES string of the molecule is O=C(O)c1cccc(CN2C(=O)C3(CC3C3C=CC=C(Cl)C=C3)c3ccc(OC(=O)c4cccc(CN5C(=O)C6(CC6C6C=CC(Cl)=CC6)c6ccccc65)c4)cc32)c1. The third-order valence-electron chi connectivity index (χ3n) is 13.1. The first kappa shape index (κ1) is 37.3. The molecule has 59 heavy (non-hydrogen) atoms. The normalized spacial score (nSPS) is 27.1. The molecule has 0 bridgehead atoms. The summed E-state index contributed by atoms with van der Waals surface area (Å²) in [4.78, 5) is 58.0. The maximum Gasteiger partial charge on any atom is 0.343 e. The van der Waals surface area contributed by atoms with Crippen LogP contribution >= 0.6 is 23.2 Å². The maximum absolute atomic E-state index is 14.5. The van der Waals surface area contributed by atoms with E-state index in [1.54, 1.807) is 53.4 Å². The van der Waals surface area contributed by atoms with Gasteiger partial charge in [-0.1, -0.05) is 102 Å². The highest BCUT2D eigenvalue weighted by atomic mass is 35.5. The van der Waals surface area contributed by atoms with Crippen molar-refractivity contribution < 1.29 is 29.0 Å². The van der Waals surface area contributed by atoms with Crippen molar-refractivity contribution in [1.29, 1.82) is 0 Å². The Bertz CT molecular complexity index is 2660. The van der Waals surface area contributed by atoms with E-state index in [0.29, 0.717) is 34.8 Å². The van der Waals surface area contributed by atoms with Gasteiger partial charge in [-0.2, -0.15) is 0 Å². The Morgan fingerprint density at radius 3 is 2.12 bits per heavy atom. The Morgan fingerprint density at radius 1 is 0.712 bits per heavy atom. The zero-order valence-electron chi connectivity index (χ0n) is 31.8. The number of fused-ring (bicyclic) bond motifs is 4. The standard InChI is InChI=1S/C49H38Cl2N2O6/c50-35-11-5-8-31(14-17-35)40-25-49(40)39-21-20-37(24-43(39)53(47(49)58)28-29-6-3-9-33(22-29)44(54)55)59-45(56)34-10-4-7-30(23-34)27-52-42-13-2-1-12-38(42)48(46(52)57)26-41(48)32-15-18-36(51)19-16-32/h1-15,17-24,31-32,40-41H,16,25-28H2,(H,54,55). The third-order valence-corrected chi connectivity index (χ3v) is 13.6. The van der Waals surface area contributed by atoms with Gasteiger partial charge in [-0.15, -0.1) is 0 Å². The number of halogens is 2. The molecule has 4 aliphatic carbocycles. The molecule has 8 nitrogen and oxygen atoms in total. The van der Waals surface area contributed by atoms with Crippen LogP contribution in [0.25, 0.3) is 0 Å². The van der Waals surface area contributed by atoms with Crippen LogP contribution < -0.4 is 14.5 Å². The molecule has 2 amide bonds. The second-order valence-electron chi connectivity index (χ2n) is 16.4. The molecule has 6 atom stereocenters. The van der Waals surface area contributed by atoms with Crippen molar-refractivity contribution in [3.05, 3.63) is 183 Å². The van der Waals surface area contributed by atoms with Gasteiger partial charge in [-0.3, -0.25) is 9.59 Å². The fourth-order valence-corrected chi connectivity index (χ4v) is 10.4. The van der Waals surface area contributed by atoms with Gasteiger partial charge in [0, 0.05) is 21.8 Å². The summed E-state index contributed by atoms with van der Waals surface area (Å²) in [6.45, 7) is 0.446. The highest BCUT2D eigenvalue weighted by Crippen LogP contribution is 2.66. The van der Waals surface area contributed by atoms with Crippen LogP contribution in [0, 0.1) is 23.7 Å². The first-order chi connectivity index (χ1) is 28.6. The van der Waals surface area contributed by atoms with Crippen LogP contribution in [-0.4, -0.2) is 28.9 Å². The number of carbonyl (C=O) groups is 4. The van der Waals surface area contributed by atoms with Crippen molar-refractivity contribution in [2.24, 2.45) is 23.7 Å². The molecule has 0 saturated heterocycles. The maximum atomic E-state index is 14.5. The number of anilines is 2. The van der Waals surface area contributed by atoms with Crippen LogP contribution in [0.15, 0.2) is 150 Å². The molecule has 10 heteroatoms. The monoisotopic (exact) mass is 820 g/mol. The van der Waals surface area contributed by atoms with Crippen LogP contribution in [-0.2, 0) is 33.5 Å². The Morgan fingerprint density at radius 2 is 1.37 bits per heavy atom. The van der Waals surface area contributed by atoms with E-state index in [0.717, 1.165) is 40.3 Å².